The minimum absolute atomic E-state index is 0.175. The lowest BCUT2D eigenvalue weighted by atomic mass is 10.1. The monoisotopic (exact) mass is 370 g/mol. The number of hydrogen-bond acceptors (Lipinski definition) is 3. The summed E-state index contributed by atoms with van der Waals surface area (Å²) in [4.78, 5) is 26.3. The average Bonchev–Trinajstić information content (AvgIpc) is 3.18. The predicted octanol–water partition coefficient (Wildman–Crippen LogP) is 3.29. The molecule has 1 heterocycles. The highest BCUT2D eigenvalue weighted by Gasteiger charge is 2.34. The second-order valence-corrected chi connectivity index (χ2v) is 6.56. The fraction of sp³-hybridized carbons (Fsp3) is 0.333. The van der Waals surface area contributed by atoms with E-state index in [4.69, 9.17) is 4.74 Å². The summed E-state index contributed by atoms with van der Waals surface area (Å²) in [5, 5.41) is 2.86. The molecule has 1 unspecified atom stereocenters. The summed E-state index contributed by atoms with van der Waals surface area (Å²) >= 11 is 0. The van der Waals surface area contributed by atoms with Crippen molar-refractivity contribution in [3.05, 3.63) is 71.5 Å². The number of hydrogen-bond donors (Lipinski definition) is 1. The lowest BCUT2D eigenvalue weighted by Crippen LogP contribution is -2.46. The molecule has 1 saturated heterocycles. The van der Waals surface area contributed by atoms with Crippen LogP contribution in [0.1, 0.15) is 24.0 Å². The van der Waals surface area contributed by atoms with E-state index >= 15 is 0 Å². The van der Waals surface area contributed by atoms with Crippen molar-refractivity contribution in [1.82, 2.24) is 10.2 Å². The Bertz CT molecular complexity index is 765. The van der Waals surface area contributed by atoms with E-state index in [0.717, 1.165) is 17.5 Å². The molecule has 3 rings (SSSR count). The van der Waals surface area contributed by atoms with Gasteiger partial charge in [-0.1, -0.05) is 42.5 Å². The van der Waals surface area contributed by atoms with Crippen molar-refractivity contribution in [2.75, 3.05) is 13.1 Å². The first-order valence-corrected chi connectivity index (χ1v) is 9.13. The number of benzene rings is 2. The molecule has 1 atom stereocenters. The highest BCUT2D eigenvalue weighted by Crippen LogP contribution is 2.19. The number of ether oxygens (including phenoxy) is 1. The van der Waals surface area contributed by atoms with Crippen LogP contribution in [-0.2, 0) is 22.6 Å². The van der Waals surface area contributed by atoms with E-state index in [9.17, 15) is 14.0 Å². The Balaban J connectivity index is 1.46. The minimum Gasteiger partial charge on any atom is -0.445 e. The maximum Gasteiger partial charge on any atom is 0.410 e. The first-order valence-electron chi connectivity index (χ1n) is 9.13. The molecular formula is C21H23FN2O3. The first-order chi connectivity index (χ1) is 13.1. The van der Waals surface area contributed by atoms with E-state index < -0.39 is 12.1 Å². The number of amides is 2. The molecule has 1 N–H and O–H groups in total. The van der Waals surface area contributed by atoms with Crippen LogP contribution in [-0.4, -0.2) is 36.0 Å². The predicted molar refractivity (Wildman–Crippen MR) is 99.5 cm³/mol. The van der Waals surface area contributed by atoms with Crippen LogP contribution in [0.4, 0.5) is 9.18 Å². The van der Waals surface area contributed by atoms with Crippen molar-refractivity contribution in [2.45, 2.75) is 31.9 Å². The van der Waals surface area contributed by atoms with E-state index in [0.29, 0.717) is 25.9 Å². The number of nitrogens with zero attached hydrogens (tertiary/aromatic N) is 1. The van der Waals surface area contributed by atoms with Crippen LogP contribution in [0.2, 0.25) is 0 Å². The normalized spacial score (nSPS) is 16.2. The molecule has 27 heavy (non-hydrogen) atoms. The second-order valence-electron chi connectivity index (χ2n) is 6.56. The van der Waals surface area contributed by atoms with E-state index in [-0.39, 0.29) is 18.3 Å². The Morgan fingerprint density at radius 1 is 1.07 bits per heavy atom. The number of nitrogens with one attached hydrogen (secondary N) is 1. The smallest absolute Gasteiger partial charge is 0.410 e. The lowest BCUT2D eigenvalue weighted by molar-refractivity contribution is -0.125. The van der Waals surface area contributed by atoms with E-state index in [1.54, 1.807) is 12.1 Å². The maximum absolute atomic E-state index is 12.9. The van der Waals surface area contributed by atoms with E-state index in [1.165, 1.54) is 17.0 Å². The molecule has 2 aromatic carbocycles. The van der Waals surface area contributed by atoms with Gasteiger partial charge >= 0.3 is 6.09 Å². The van der Waals surface area contributed by atoms with Crippen molar-refractivity contribution < 1.29 is 18.7 Å². The second kappa shape index (κ2) is 9.16. The molecular weight excluding hydrogens is 347 g/mol. The number of carbonyl (C=O) groups is 2. The Morgan fingerprint density at radius 2 is 1.81 bits per heavy atom. The van der Waals surface area contributed by atoms with Gasteiger partial charge < -0.3 is 10.1 Å². The minimum atomic E-state index is -0.499. The van der Waals surface area contributed by atoms with Crippen molar-refractivity contribution in [3.63, 3.8) is 0 Å². The Morgan fingerprint density at radius 3 is 2.56 bits per heavy atom. The number of rotatable bonds is 6. The zero-order valence-corrected chi connectivity index (χ0v) is 15.1. The summed E-state index contributed by atoms with van der Waals surface area (Å²) in [5.41, 5.74) is 1.85. The Labute approximate surface area is 158 Å². The quantitative estimate of drug-likeness (QED) is 0.849. The third kappa shape index (κ3) is 5.29. The number of likely N-dealkylation sites (tertiary alicyclic amines) is 1. The highest BCUT2D eigenvalue weighted by molar-refractivity contribution is 5.86. The van der Waals surface area contributed by atoms with Crippen LogP contribution in [0.25, 0.3) is 0 Å². The number of halogens is 1. The molecule has 0 spiro atoms. The van der Waals surface area contributed by atoms with Crippen LogP contribution < -0.4 is 5.32 Å². The zero-order chi connectivity index (χ0) is 19.1. The van der Waals surface area contributed by atoms with Crippen molar-refractivity contribution >= 4 is 12.0 Å². The summed E-state index contributed by atoms with van der Waals surface area (Å²) in [7, 11) is 0. The van der Waals surface area contributed by atoms with Gasteiger partial charge in [0.15, 0.2) is 0 Å². The average molecular weight is 370 g/mol. The van der Waals surface area contributed by atoms with Gasteiger partial charge in [-0.25, -0.2) is 9.18 Å². The molecule has 1 aliphatic heterocycles. The van der Waals surface area contributed by atoms with Gasteiger partial charge in [-0.3, -0.25) is 9.69 Å². The first kappa shape index (κ1) is 18.9. The summed E-state index contributed by atoms with van der Waals surface area (Å²) in [6, 6.07) is 15.1. The fourth-order valence-electron chi connectivity index (χ4n) is 3.16. The van der Waals surface area contributed by atoms with Gasteiger partial charge in [0.25, 0.3) is 0 Å². The van der Waals surface area contributed by atoms with Gasteiger partial charge in [-0.15, -0.1) is 0 Å². The molecule has 1 aliphatic rings. The standard InChI is InChI=1S/C21H23FN2O3/c22-18-10-8-16(9-11-18)12-13-23-20(25)19-7-4-14-24(19)21(26)27-15-17-5-2-1-3-6-17/h1-3,5-6,8-11,19H,4,7,12-15H2,(H,23,25). The van der Waals surface area contributed by atoms with E-state index in [2.05, 4.69) is 5.32 Å². The molecule has 142 valence electrons. The Hall–Kier alpha value is -2.89. The van der Waals surface area contributed by atoms with Crippen molar-refractivity contribution in [1.29, 1.82) is 0 Å². The molecule has 6 heteroatoms. The summed E-state index contributed by atoms with van der Waals surface area (Å²) in [6.07, 6.45) is 1.55. The largest absolute Gasteiger partial charge is 0.445 e. The summed E-state index contributed by atoms with van der Waals surface area (Å²) in [5.74, 6) is -0.454. The third-order valence-corrected chi connectivity index (χ3v) is 4.62. The van der Waals surface area contributed by atoms with Crippen LogP contribution in [0.15, 0.2) is 54.6 Å². The van der Waals surface area contributed by atoms with Gasteiger partial charge in [-0.2, -0.15) is 0 Å². The molecule has 0 saturated carbocycles. The number of carbonyl (C=O) groups excluding carboxylic acids is 2. The molecule has 0 aromatic heterocycles. The highest BCUT2D eigenvalue weighted by atomic mass is 19.1. The van der Waals surface area contributed by atoms with Crippen LogP contribution in [0, 0.1) is 5.82 Å². The SMILES string of the molecule is O=C(NCCc1ccc(F)cc1)C1CCCN1C(=O)OCc1ccccc1. The Kier molecular flexibility index (Phi) is 6.41. The van der Waals surface area contributed by atoms with Gasteiger partial charge in [-0.05, 0) is 42.5 Å². The third-order valence-electron chi connectivity index (χ3n) is 4.62. The van der Waals surface area contributed by atoms with Gasteiger partial charge in [0.2, 0.25) is 5.91 Å². The molecule has 0 radical (unpaired) electrons. The van der Waals surface area contributed by atoms with Crippen LogP contribution in [0.3, 0.4) is 0 Å². The molecule has 2 amide bonds. The van der Waals surface area contributed by atoms with Crippen molar-refractivity contribution in [2.24, 2.45) is 0 Å². The summed E-state index contributed by atoms with van der Waals surface area (Å²) in [6.45, 7) is 1.15. The van der Waals surface area contributed by atoms with Gasteiger partial charge in [0.1, 0.15) is 18.5 Å². The molecule has 0 bridgehead atoms. The molecule has 1 fully saturated rings. The summed E-state index contributed by atoms with van der Waals surface area (Å²) < 4.78 is 18.3. The van der Waals surface area contributed by atoms with Crippen LogP contribution >= 0.6 is 0 Å². The fourth-order valence-corrected chi connectivity index (χ4v) is 3.16. The van der Waals surface area contributed by atoms with Gasteiger partial charge in [0.05, 0.1) is 0 Å². The topological polar surface area (TPSA) is 58.6 Å². The van der Waals surface area contributed by atoms with E-state index in [1.807, 2.05) is 30.3 Å². The van der Waals surface area contributed by atoms with Crippen molar-refractivity contribution in [3.8, 4) is 0 Å². The van der Waals surface area contributed by atoms with Gasteiger partial charge in [0, 0.05) is 13.1 Å². The lowest BCUT2D eigenvalue weighted by Gasteiger charge is -2.23. The molecule has 2 aromatic rings. The maximum atomic E-state index is 12.9. The zero-order valence-electron chi connectivity index (χ0n) is 15.1. The molecule has 5 nitrogen and oxygen atoms in total. The molecule has 0 aliphatic carbocycles. The van der Waals surface area contributed by atoms with Crippen LogP contribution in [0.5, 0.6) is 0 Å².